The predicted molar refractivity (Wildman–Crippen MR) is 125 cm³/mol. The lowest BCUT2D eigenvalue weighted by atomic mass is 10.2. The van der Waals surface area contributed by atoms with E-state index >= 15 is 0 Å². The molecule has 1 fully saturated rings. The molecular formula is C18H33IN6S. The van der Waals surface area contributed by atoms with Crippen LogP contribution in [0, 0.1) is 0 Å². The van der Waals surface area contributed by atoms with Crippen LogP contribution in [0.4, 0.5) is 5.82 Å². The lowest BCUT2D eigenvalue weighted by Gasteiger charge is -2.33. The van der Waals surface area contributed by atoms with Crippen molar-refractivity contribution in [2.75, 3.05) is 63.7 Å². The van der Waals surface area contributed by atoms with Crippen LogP contribution in [0.5, 0.6) is 0 Å². The molecule has 0 bridgehead atoms. The van der Waals surface area contributed by atoms with Gasteiger partial charge in [-0.25, -0.2) is 4.98 Å². The number of unbranched alkanes of at least 4 members (excludes halogenated alkanes) is 1. The SMILES string of the molecule is CN=C(NCCCCSC)NCc1ccc(N2CCN(C)CC2)nc1.I. The standard InChI is InChI=1S/C18H32N6S.HI/c1-19-18(20-8-4-5-13-25-3)22-15-16-6-7-17(21-14-16)24-11-9-23(2)10-12-24;/h6-7,14H,4-5,8-13,15H2,1-3H3,(H2,19,20,22);1H. The number of nitrogens with one attached hydrogen (secondary N) is 2. The molecule has 0 amide bonds. The highest BCUT2D eigenvalue weighted by Crippen LogP contribution is 2.13. The van der Waals surface area contributed by atoms with Gasteiger partial charge in [0.05, 0.1) is 0 Å². The molecule has 2 heterocycles. The van der Waals surface area contributed by atoms with Crippen LogP contribution >= 0.6 is 35.7 Å². The summed E-state index contributed by atoms with van der Waals surface area (Å²) >= 11 is 1.90. The Morgan fingerprint density at radius 3 is 2.58 bits per heavy atom. The molecule has 0 unspecified atom stereocenters. The summed E-state index contributed by atoms with van der Waals surface area (Å²) in [7, 11) is 3.98. The van der Waals surface area contributed by atoms with Gasteiger partial charge < -0.3 is 20.4 Å². The fourth-order valence-corrected chi connectivity index (χ4v) is 3.22. The number of guanidine groups is 1. The lowest BCUT2D eigenvalue weighted by molar-refractivity contribution is 0.312. The number of piperazine rings is 1. The smallest absolute Gasteiger partial charge is 0.191 e. The molecule has 1 aliphatic rings. The number of anilines is 1. The third kappa shape index (κ3) is 8.30. The Morgan fingerprint density at radius 1 is 1.19 bits per heavy atom. The second-order valence-electron chi connectivity index (χ2n) is 6.37. The summed E-state index contributed by atoms with van der Waals surface area (Å²) in [6.45, 7) is 6.00. The van der Waals surface area contributed by atoms with Crippen molar-refractivity contribution in [3.05, 3.63) is 23.9 Å². The number of hydrogen-bond acceptors (Lipinski definition) is 5. The largest absolute Gasteiger partial charge is 0.356 e. The molecule has 1 aromatic heterocycles. The molecular weight excluding hydrogens is 459 g/mol. The van der Waals surface area contributed by atoms with E-state index in [1.54, 1.807) is 0 Å². The first-order valence-electron chi connectivity index (χ1n) is 9.05. The highest BCUT2D eigenvalue weighted by Gasteiger charge is 2.14. The van der Waals surface area contributed by atoms with Gasteiger partial charge in [-0.2, -0.15) is 11.8 Å². The predicted octanol–water partition coefficient (Wildman–Crippen LogP) is 2.26. The maximum absolute atomic E-state index is 4.63. The Kier molecular flexibility index (Phi) is 12.0. The zero-order valence-electron chi connectivity index (χ0n) is 16.2. The molecule has 8 heteroatoms. The zero-order chi connectivity index (χ0) is 17.9. The summed E-state index contributed by atoms with van der Waals surface area (Å²) in [4.78, 5) is 13.6. The third-order valence-corrected chi connectivity index (χ3v) is 5.08. The van der Waals surface area contributed by atoms with E-state index in [4.69, 9.17) is 0 Å². The van der Waals surface area contributed by atoms with E-state index in [1.807, 2.05) is 25.0 Å². The van der Waals surface area contributed by atoms with Gasteiger partial charge in [0, 0.05) is 52.5 Å². The van der Waals surface area contributed by atoms with Crippen molar-refractivity contribution in [3.8, 4) is 0 Å². The number of halogens is 1. The number of nitrogens with zero attached hydrogens (tertiary/aromatic N) is 4. The van der Waals surface area contributed by atoms with Crippen LogP contribution in [0.1, 0.15) is 18.4 Å². The number of hydrogen-bond donors (Lipinski definition) is 2. The summed E-state index contributed by atoms with van der Waals surface area (Å²) < 4.78 is 0. The molecule has 2 rings (SSSR count). The summed E-state index contributed by atoms with van der Waals surface area (Å²) in [6.07, 6.45) is 6.52. The van der Waals surface area contributed by atoms with Crippen molar-refractivity contribution in [1.82, 2.24) is 20.5 Å². The highest BCUT2D eigenvalue weighted by atomic mass is 127. The molecule has 0 aromatic carbocycles. The van der Waals surface area contributed by atoms with Crippen molar-refractivity contribution in [2.45, 2.75) is 19.4 Å². The first kappa shape index (κ1) is 23.3. The van der Waals surface area contributed by atoms with E-state index in [1.165, 1.54) is 24.2 Å². The van der Waals surface area contributed by atoms with Crippen LogP contribution in [0.3, 0.4) is 0 Å². The molecule has 2 N–H and O–H groups in total. The number of pyridine rings is 1. The Bertz CT molecular complexity index is 517. The van der Waals surface area contributed by atoms with Crippen molar-refractivity contribution >= 4 is 47.5 Å². The molecule has 1 saturated heterocycles. The van der Waals surface area contributed by atoms with Gasteiger partial charge in [0.2, 0.25) is 0 Å². The minimum absolute atomic E-state index is 0. The number of rotatable bonds is 8. The van der Waals surface area contributed by atoms with Crippen LogP contribution in [-0.4, -0.2) is 74.7 Å². The van der Waals surface area contributed by atoms with Crippen LogP contribution in [0.2, 0.25) is 0 Å². The second kappa shape index (κ2) is 13.4. The summed E-state index contributed by atoms with van der Waals surface area (Å²) in [5, 5.41) is 6.72. The van der Waals surface area contributed by atoms with Crippen LogP contribution in [0.25, 0.3) is 0 Å². The number of aliphatic imine (C=N–C) groups is 1. The van der Waals surface area contributed by atoms with Crippen LogP contribution in [-0.2, 0) is 6.54 Å². The normalized spacial score (nSPS) is 15.5. The molecule has 0 spiro atoms. The molecule has 1 aromatic rings. The van der Waals surface area contributed by atoms with Gasteiger partial charge in [-0.3, -0.25) is 4.99 Å². The van der Waals surface area contributed by atoms with Gasteiger partial charge in [0.25, 0.3) is 0 Å². The zero-order valence-corrected chi connectivity index (χ0v) is 19.3. The van der Waals surface area contributed by atoms with Crippen LogP contribution < -0.4 is 15.5 Å². The summed E-state index contributed by atoms with van der Waals surface area (Å²) in [5.74, 6) is 3.15. The molecule has 0 radical (unpaired) electrons. The molecule has 26 heavy (non-hydrogen) atoms. The van der Waals surface area contributed by atoms with E-state index in [9.17, 15) is 0 Å². The Balaban J connectivity index is 0.00000338. The molecule has 1 aliphatic heterocycles. The minimum atomic E-state index is 0. The van der Waals surface area contributed by atoms with Crippen molar-refractivity contribution in [3.63, 3.8) is 0 Å². The van der Waals surface area contributed by atoms with E-state index in [0.29, 0.717) is 0 Å². The Hall–Kier alpha value is -0.740. The maximum Gasteiger partial charge on any atom is 0.191 e. The van der Waals surface area contributed by atoms with Gasteiger partial charge in [0.1, 0.15) is 5.82 Å². The van der Waals surface area contributed by atoms with Gasteiger partial charge in [-0.05, 0) is 43.5 Å². The average molecular weight is 492 g/mol. The van der Waals surface area contributed by atoms with Crippen molar-refractivity contribution < 1.29 is 0 Å². The summed E-state index contributed by atoms with van der Waals surface area (Å²) in [6, 6.07) is 4.28. The van der Waals surface area contributed by atoms with Crippen molar-refractivity contribution in [1.29, 1.82) is 0 Å². The maximum atomic E-state index is 4.63. The van der Waals surface area contributed by atoms with Gasteiger partial charge >= 0.3 is 0 Å². The van der Waals surface area contributed by atoms with Crippen molar-refractivity contribution in [2.24, 2.45) is 4.99 Å². The molecule has 0 saturated carbocycles. The fraction of sp³-hybridized carbons (Fsp3) is 0.667. The van der Waals surface area contributed by atoms with Gasteiger partial charge in [-0.15, -0.1) is 24.0 Å². The Morgan fingerprint density at radius 2 is 1.96 bits per heavy atom. The molecule has 148 valence electrons. The molecule has 6 nitrogen and oxygen atoms in total. The van der Waals surface area contributed by atoms with E-state index in [-0.39, 0.29) is 24.0 Å². The van der Waals surface area contributed by atoms with Gasteiger partial charge in [-0.1, -0.05) is 6.07 Å². The number of aromatic nitrogens is 1. The average Bonchev–Trinajstić information content (AvgIpc) is 2.65. The van der Waals surface area contributed by atoms with E-state index in [2.05, 4.69) is 55.8 Å². The van der Waals surface area contributed by atoms with Gasteiger partial charge in [0.15, 0.2) is 5.96 Å². The minimum Gasteiger partial charge on any atom is -0.356 e. The molecule has 0 aliphatic carbocycles. The lowest BCUT2D eigenvalue weighted by Crippen LogP contribution is -2.44. The fourth-order valence-electron chi connectivity index (χ4n) is 2.73. The highest BCUT2D eigenvalue weighted by molar-refractivity contribution is 14.0. The van der Waals surface area contributed by atoms with E-state index < -0.39 is 0 Å². The molecule has 0 atom stereocenters. The Labute approximate surface area is 179 Å². The number of thioether (sulfide) groups is 1. The summed E-state index contributed by atoms with van der Waals surface area (Å²) in [5.41, 5.74) is 1.17. The topological polar surface area (TPSA) is 55.8 Å². The number of likely N-dealkylation sites (N-methyl/N-ethyl adjacent to an activating group) is 1. The monoisotopic (exact) mass is 492 g/mol. The first-order chi connectivity index (χ1) is 12.2. The third-order valence-electron chi connectivity index (χ3n) is 4.39. The van der Waals surface area contributed by atoms with E-state index in [0.717, 1.165) is 51.0 Å². The van der Waals surface area contributed by atoms with Crippen LogP contribution in [0.15, 0.2) is 23.3 Å². The first-order valence-corrected chi connectivity index (χ1v) is 10.4. The second-order valence-corrected chi connectivity index (χ2v) is 7.35. The quantitative estimate of drug-likeness (QED) is 0.251.